The van der Waals surface area contributed by atoms with Crippen LogP contribution in [0.5, 0.6) is 0 Å². The maximum Gasteiger partial charge on any atom is 0.216 e. The van der Waals surface area contributed by atoms with Crippen molar-refractivity contribution in [2.45, 2.75) is 31.6 Å². The van der Waals surface area contributed by atoms with Crippen molar-refractivity contribution < 1.29 is 8.42 Å². The van der Waals surface area contributed by atoms with E-state index >= 15 is 0 Å². The van der Waals surface area contributed by atoms with Gasteiger partial charge in [0, 0.05) is 10.6 Å². The molecule has 1 aromatic heterocycles. The fourth-order valence-corrected chi connectivity index (χ4v) is 4.49. The van der Waals surface area contributed by atoms with Gasteiger partial charge in [0.2, 0.25) is 10.0 Å². The molecule has 0 saturated heterocycles. The van der Waals surface area contributed by atoms with E-state index in [1.807, 2.05) is 24.4 Å². The molecule has 0 aliphatic carbocycles. The fraction of sp³-hybridized carbons (Fsp3) is 0.333. The van der Waals surface area contributed by atoms with Gasteiger partial charge in [0.1, 0.15) is 0 Å². The topological polar surface area (TPSA) is 72.2 Å². The van der Waals surface area contributed by atoms with E-state index in [0.29, 0.717) is 11.3 Å². The highest BCUT2D eigenvalue weighted by Crippen LogP contribution is 2.25. The second kappa shape index (κ2) is 7.06. The summed E-state index contributed by atoms with van der Waals surface area (Å²) in [6.07, 6.45) is 1.70. The molecule has 6 heteroatoms. The van der Waals surface area contributed by atoms with Gasteiger partial charge in [-0.2, -0.15) is 0 Å². The smallest absolute Gasteiger partial charge is 0.216 e. The highest BCUT2D eigenvalue weighted by atomic mass is 32.2. The molecule has 0 fully saturated rings. The number of para-hydroxylation sites is 1. The molecule has 0 bridgehead atoms. The second-order valence-corrected chi connectivity index (χ2v) is 7.67. The zero-order valence-electron chi connectivity index (χ0n) is 12.0. The number of nitrogens with two attached hydrogens (primary N) is 1. The van der Waals surface area contributed by atoms with Crippen LogP contribution < -0.4 is 10.5 Å². The first-order valence-corrected chi connectivity index (χ1v) is 9.42. The van der Waals surface area contributed by atoms with Crippen LogP contribution in [-0.2, 0) is 15.8 Å². The van der Waals surface area contributed by atoms with Gasteiger partial charge in [-0.1, -0.05) is 37.6 Å². The molecular formula is C15H20N2O2S2. The molecule has 0 saturated carbocycles. The lowest BCUT2D eigenvalue weighted by Gasteiger charge is -2.17. The lowest BCUT2D eigenvalue weighted by molar-refractivity contribution is 0.539. The third-order valence-electron chi connectivity index (χ3n) is 3.19. The summed E-state index contributed by atoms with van der Waals surface area (Å²) in [4.78, 5) is 1.04. The maximum atomic E-state index is 12.4. The quantitative estimate of drug-likeness (QED) is 0.768. The summed E-state index contributed by atoms with van der Waals surface area (Å²) in [7, 11) is -3.43. The van der Waals surface area contributed by atoms with Crippen molar-refractivity contribution in [3.8, 4) is 0 Å². The van der Waals surface area contributed by atoms with Crippen molar-refractivity contribution in [1.82, 2.24) is 4.72 Å². The highest BCUT2D eigenvalue weighted by molar-refractivity contribution is 7.88. The Bertz CT molecular complexity index is 667. The van der Waals surface area contributed by atoms with Gasteiger partial charge in [0.15, 0.2) is 0 Å². The van der Waals surface area contributed by atoms with E-state index in [0.717, 1.165) is 17.7 Å². The standard InChI is InChI=1S/C15H20N2O2S2/c1-2-6-14(15-9-5-10-20-15)17-21(18,19)11-12-7-3-4-8-13(12)16/h3-5,7-10,14,17H,2,6,11,16H2,1H3. The Morgan fingerprint density at radius 1 is 1.24 bits per heavy atom. The molecule has 1 unspecified atom stereocenters. The molecular weight excluding hydrogens is 304 g/mol. The number of nitrogen functional groups attached to an aromatic ring is 1. The zero-order chi connectivity index (χ0) is 15.3. The molecule has 1 aromatic carbocycles. The van der Waals surface area contributed by atoms with Gasteiger partial charge in [-0.15, -0.1) is 11.3 Å². The van der Waals surface area contributed by atoms with Crippen molar-refractivity contribution in [3.63, 3.8) is 0 Å². The van der Waals surface area contributed by atoms with E-state index in [9.17, 15) is 8.42 Å². The Morgan fingerprint density at radius 3 is 2.62 bits per heavy atom. The number of thiophene rings is 1. The number of benzene rings is 1. The summed E-state index contributed by atoms with van der Waals surface area (Å²) >= 11 is 1.57. The molecule has 0 amide bonds. The van der Waals surface area contributed by atoms with E-state index < -0.39 is 10.0 Å². The molecule has 1 atom stereocenters. The van der Waals surface area contributed by atoms with Gasteiger partial charge in [-0.05, 0) is 29.5 Å². The van der Waals surface area contributed by atoms with E-state index in [1.165, 1.54) is 0 Å². The highest BCUT2D eigenvalue weighted by Gasteiger charge is 2.20. The molecule has 0 aliphatic heterocycles. The molecule has 1 heterocycles. The molecule has 114 valence electrons. The first-order valence-electron chi connectivity index (χ1n) is 6.88. The van der Waals surface area contributed by atoms with E-state index in [1.54, 1.807) is 35.6 Å². The van der Waals surface area contributed by atoms with Gasteiger partial charge in [-0.25, -0.2) is 13.1 Å². The number of nitrogens with one attached hydrogen (secondary N) is 1. The van der Waals surface area contributed by atoms with Crippen molar-refractivity contribution in [3.05, 3.63) is 52.2 Å². The predicted molar refractivity (Wildman–Crippen MR) is 88.6 cm³/mol. The molecule has 4 nitrogen and oxygen atoms in total. The van der Waals surface area contributed by atoms with Crippen LogP contribution in [0, 0.1) is 0 Å². The van der Waals surface area contributed by atoms with Gasteiger partial charge in [-0.3, -0.25) is 0 Å². The predicted octanol–water partition coefficient (Wildman–Crippen LogP) is 3.29. The van der Waals surface area contributed by atoms with Gasteiger partial charge < -0.3 is 5.73 Å². The first-order chi connectivity index (χ1) is 10.0. The Kier molecular flexibility index (Phi) is 5.39. The molecule has 0 aliphatic rings. The minimum absolute atomic E-state index is 0.0920. The van der Waals surface area contributed by atoms with Gasteiger partial charge in [0.05, 0.1) is 11.8 Å². The minimum atomic E-state index is -3.43. The van der Waals surface area contributed by atoms with Crippen LogP contribution >= 0.6 is 11.3 Å². The summed E-state index contributed by atoms with van der Waals surface area (Å²) in [6, 6.07) is 10.8. The Hall–Kier alpha value is -1.37. The Balaban J connectivity index is 2.14. The van der Waals surface area contributed by atoms with Crippen molar-refractivity contribution in [1.29, 1.82) is 0 Å². The third-order valence-corrected chi connectivity index (χ3v) is 5.51. The maximum absolute atomic E-state index is 12.4. The number of hydrogen-bond acceptors (Lipinski definition) is 4. The summed E-state index contributed by atoms with van der Waals surface area (Å²) < 4.78 is 27.5. The van der Waals surface area contributed by atoms with Crippen molar-refractivity contribution >= 4 is 27.0 Å². The SMILES string of the molecule is CCCC(NS(=O)(=O)Cc1ccccc1N)c1cccs1. The minimum Gasteiger partial charge on any atom is -0.398 e. The molecule has 0 spiro atoms. The zero-order valence-corrected chi connectivity index (χ0v) is 13.6. The summed E-state index contributed by atoms with van der Waals surface area (Å²) in [5.41, 5.74) is 6.96. The van der Waals surface area contributed by atoms with Crippen LogP contribution in [-0.4, -0.2) is 8.42 Å². The molecule has 21 heavy (non-hydrogen) atoms. The third kappa shape index (κ3) is 4.56. The van der Waals surface area contributed by atoms with Crippen LogP contribution in [0.2, 0.25) is 0 Å². The lowest BCUT2D eigenvalue weighted by atomic mass is 10.1. The number of rotatable bonds is 7. The Labute approximate surface area is 130 Å². The van der Waals surface area contributed by atoms with Crippen LogP contribution in [0.1, 0.15) is 36.2 Å². The van der Waals surface area contributed by atoms with Crippen molar-refractivity contribution in [2.75, 3.05) is 5.73 Å². The van der Waals surface area contributed by atoms with Gasteiger partial charge >= 0.3 is 0 Å². The van der Waals surface area contributed by atoms with Crippen LogP contribution in [0.25, 0.3) is 0 Å². The summed E-state index contributed by atoms with van der Waals surface area (Å²) in [5.74, 6) is -0.0920. The Morgan fingerprint density at radius 2 is 2.00 bits per heavy atom. The van der Waals surface area contributed by atoms with Crippen LogP contribution in [0.3, 0.4) is 0 Å². The molecule has 0 radical (unpaired) electrons. The molecule has 2 aromatic rings. The molecule has 2 rings (SSSR count). The molecule has 3 N–H and O–H groups in total. The normalized spacial score (nSPS) is 13.2. The summed E-state index contributed by atoms with van der Waals surface area (Å²) in [6.45, 7) is 2.05. The number of anilines is 1. The van der Waals surface area contributed by atoms with Gasteiger partial charge in [0.25, 0.3) is 0 Å². The van der Waals surface area contributed by atoms with E-state index in [2.05, 4.69) is 4.72 Å². The lowest BCUT2D eigenvalue weighted by Crippen LogP contribution is -2.29. The average Bonchev–Trinajstić information content (AvgIpc) is 2.94. The van der Waals surface area contributed by atoms with Crippen LogP contribution in [0.15, 0.2) is 41.8 Å². The second-order valence-electron chi connectivity index (χ2n) is 4.93. The number of sulfonamides is 1. The van der Waals surface area contributed by atoms with E-state index in [4.69, 9.17) is 5.73 Å². The van der Waals surface area contributed by atoms with Crippen LogP contribution in [0.4, 0.5) is 5.69 Å². The fourth-order valence-electron chi connectivity index (χ4n) is 2.17. The first kappa shape index (κ1) is 16.0. The largest absolute Gasteiger partial charge is 0.398 e. The summed E-state index contributed by atoms with van der Waals surface area (Å²) in [5, 5.41) is 1.96. The monoisotopic (exact) mass is 324 g/mol. The van der Waals surface area contributed by atoms with Crippen molar-refractivity contribution in [2.24, 2.45) is 0 Å². The van der Waals surface area contributed by atoms with E-state index in [-0.39, 0.29) is 11.8 Å². The average molecular weight is 324 g/mol. The number of hydrogen-bond donors (Lipinski definition) is 2.